The molecule has 84 valence electrons. The molecule has 0 saturated heterocycles. The van der Waals surface area contributed by atoms with Crippen molar-refractivity contribution in [3.8, 4) is 0 Å². The van der Waals surface area contributed by atoms with Crippen LogP contribution in [0.1, 0.15) is 35.8 Å². The van der Waals surface area contributed by atoms with Gasteiger partial charge >= 0.3 is 0 Å². The molecule has 1 amide bonds. The minimum absolute atomic E-state index is 0.0671. The van der Waals surface area contributed by atoms with Crippen LogP contribution in [0.25, 0.3) is 0 Å². The summed E-state index contributed by atoms with van der Waals surface area (Å²) in [6, 6.07) is 0.0759. The summed E-state index contributed by atoms with van der Waals surface area (Å²) in [5.41, 5.74) is 0.492. The number of hydrogen-bond acceptors (Lipinski definition) is 3. The van der Waals surface area contributed by atoms with E-state index in [2.05, 4.69) is 10.3 Å². The number of aromatic nitrogens is 1. The maximum Gasteiger partial charge on any atom is 0.270 e. The molecule has 0 fully saturated rings. The van der Waals surface area contributed by atoms with Crippen LogP contribution in [-0.2, 0) is 0 Å². The Kier molecular flexibility index (Phi) is 4.54. The Morgan fingerprint density at radius 1 is 1.67 bits per heavy atom. The van der Waals surface area contributed by atoms with Gasteiger partial charge in [-0.1, -0.05) is 0 Å². The number of amides is 1. The van der Waals surface area contributed by atoms with Crippen LogP contribution in [-0.4, -0.2) is 22.3 Å². The Bertz CT molecular complexity index is 338. The SMILES string of the molecule is Cc1nc(C(=O)NC(C)CC(C)Cl)cs1. The molecule has 15 heavy (non-hydrogen) atoms. The van der Waals surface area contributed by atoms with Crippen molar-refractivity contribution in [3.05, 3.63) is 16.1 Å². The van der Waals surface area contributed by atoms with Gasteiger partial charge in [-0.3, -0.25) is 4.79 Å². The molecule has 0 aliphatic carbocycles. The van der Waals surface area contributed by atoms with Crippen LogP contribution < -0.4 is 5.32 Å². The van der Waals surface area contributed by atoms with Crippen LogP contribution in [0.15, 0.2) is 5.38 Å². The van der Waals surface area contributed by atoms with E-state index < -0.39 is 0 Å². The van der Waals surface area contributed by atoms with Crippen molar-refractivity contribution >= 4 is 28.8 Å². The first kappa shape index (κ1) is 12.5. The van der Waals surface area contributed by atoms with Crippen molar-refractivity contribution < 1.29 is 4.79 Å². The first-order chi connectivity index (χ1) is 6.99. The second-order valence-corrected chi connectivity index (χ2v) is 5.45. The number of halogens is 1. The van der Waals surface area contributed by atoms with Crippen LogP contribution in [0.5, 0.6) is 0 Å². The smallest absolute Gasteiger partial charge is 0.270 e. The van der Waals surface area contributed by atoms with Crippen molar-refractivity contribution in [1.82, 2.24) is 10.3 Å². The molecule has 0 bridgehead atoms. The van der Waals surface area contributed by atoms with Gasteiger partial charge in [0.05, 0.1) is 5.01 Å². The highest BCUT2D eigenvalue weighted by atomic mass is 35.5. The fraction of sp³-hybridized carbons (Fsp3) is 0.600. The zero-order valence-corrected chi connectivity index (χ0v) is 10.7. The fourth-order valence-electron chi connectivity index (χ4n) is 1.31. The number of thiazole rings is 1. The molecular weight excluding hydrogens is 232 g/mol. The predicted octanol–water partition coefficient (Wildman–Crippen LogP) is 2.59. The third-order valence-electron chi connectivity index (χ3n) is 1.91. The highest BCUT2D eigenvalue weighted by Gasteiger charge is 2.13. The zero-order chi connectivity index (χ0) is 11.4. The highest BCUT2D eigenvalue weighted by molar-refractivity contribution is 7.09. The Morgan fingerprint density at radius 2 is 2.33 bits per heavy atom. The lowest BCUT2D eigenvalue weighted by Gasteiger charge is -2.13. The van der Waals surface area contributed by atoms with Crippen LogP contribution in [0.2, 0.25) is 0 Å². The van der Waals surface area contributed by atoms with Crippen LogP contribution in [0, 0.1) is 6.92 Å². The van der Waals surface area contributed by atoms with Gasteiger partial charge in [0.25, 0.3) is 5.91 Å². The van der Waals surface area contributed by atoms with Gasteiger partial charge in [0.1, 0.15) is 5.69 Å². The van der Waals surface area contributed by atoms with Gasteiger partial charge < -0.3 is 5.32 Å². The molecule has 3 nitrogen and oxygen atoms in total. The summed E-state index contributed by atoms with van der Waals surface area (Å²) in [5, 5.41) is 5.60. The number of hydrogen-bond donors (Lipinski definition) is 1. The second kappa shape index (κ2) is 5.47. The summed E-state index contributed by atoms with van der Waals surface area (Å²) in [6.07, 6.45) is 0.760. The maximum absolute atomic E-state index is 11.6. The van der Waals surface area contributed by atoms with Gasteiger partial charge in [-0.25, -0.2) is 4.98 Å². The number of rotatable bonds is 4. The average Bonchev–Trinajstić information content (AvgIpc) is 2.49. The molecule has 2 unspecified atom stereocenters. The molecule has 1 N–H and O–H groups in total. The molecule has 1 aromatic heterocycles. The monoisotopic (exact) mass is 246 g/mol. The number of carbonyl (C=O) groups excluding carboxylic acids is 1. The molecule has 0 spiro atoms. The van der Waals surface area contributed by atoms with Gasteiger partial charge in [0, 0.05) is 16.8 Å². The summed E-state index contributed by atoms with van der Waals surface area (Å²) in [6.45, 7) is 5.74. The Balaban J connectivity index is 2.49. The predicted molar refractivity (Wildman–Crippen MR) is 63.7 cm³/mol. The molecular formula is C10H15ClN2OS. The topological polar surface area (TPSA) is 42.0 Å². The van der Waals surface area contributed by atoms with Crippen molar-refractivity contribution in [1.29, 1.82) is 0 Å². The van der Waals surface area contributed by atoms with E-state index in [1.807, 2.05) is 20.8 Å². The normalized spacial score (nSPS) is 14.7. The maximum atomic E-state index is 11.6. The fourth-order valence-corrected chi connectivity index (χ4v) is 2.17. The van der Waals surface area contributed by atoms with E-state index in [0.717, 1.165) is 11.4 Å². The van der Waals surface area contributed by atoms with Crippen molar-refractivity contribution in [2.75, 3.05) is 0 Å². The van der Waals surface area contributed by atoms with E-state index in [9.17, 15) is 4.79 Å². The molecule has 0 saturated carbocycles. The highest BCUT2D eigenvalue weighted by Crippen LogP contribution is 2.09. The van der Waals surface area contributed by atoms with E-state index in [0.29, 0.717) is 5.69 Å². The minimum Gasteiger partial charge on any atom is -0.348 e. The van der Waals surface area contributed by atoms with Gasteiger partial charge in [0.2, 0.25) is 0 Å². The zero-order valence-electron chi connectivity index (χ0n) is 9.08. The Morgan fingerprint density at radius 3 is 2.80 bits per heavy atom. The third-order valence-corrected chi connectivity index (χ3v) is 2.86. The van der Waals surface area contributed by atoms with Gasteiger partial charge in [-0.2, -0.15) is 0 Å². The van der Waals surface area contributed by atoms with Gasteiger partial charge in [-0.05, 0) is 27.2 Å². The quantitative estimate of drug-likeness (QED) is 0.830. The number of aryl methyl sites for hydroxylation is 1. The lowest BCUT2D eigenvalue weighted by atomic mass is 10.2. The first-order valence-electron chi connectivity index (χ1n) is 4.86. The Hall–Kier alpha value is -0.610. The standard InChI is InChI=1S/C10H15ClN2OS/c1-6(11)4-7(2)12-10(14)9-5-15-8(3)13-9/h5-7H,4H2,1-3H3,(H,12,14). The molecule has 0 radical (unpaired) electrons. The van der Waals surface area contributed by atoms with E-state index in [1.165, 1.54) is 11.3 Å². The molecule has 0 aliphatic heterocycles. The largest absolute Gasteiger partial charge is 0.348 e. The van der Waals surface area contributed by atoms with Gasteiger partial charge in [0.15, 0.2) is 0 Å². The molecule has 0 aromatic carbocycles. The summed E-state index contributed by atoms with van der Waals surface area (Å²) in [4.78, 5) is 15.8. The van der Waals surface area contributed by atoms with Crippen molar-refractivity contribution in [3.63, 3.8) is 0 Å². The number of nitrogens with zero attached hydrogens (tertiary/aromatic N) is 1. The molecule has 1 aromatic rings. The lowest BCUT2D eigenvalue weighted by molar-refractivity contribution is 0.0934. The molecule has 0 aliphatic rings. The summed E-state index contributed by atoms with van der Waals surface area (Å²) >= 11 is 7.32. The third kappa shape index (κ3) is 4.18. The molecule has 5 heteroatoms. The van der Waals surface area contributed by atoms with E-state index >= 15 is 0 Å². The minimum atomic E-state index is -0.121. The molecule has 1 rings (SSSR count). The molecule has 2 atom stereocenters. The van der Waals surface area contributed by atoms with Crippen LogP contribution in [0.3, 0.4) is 0 Å². The van der Waals surface area contributed by atoms with E-state index in [-0.39, 0.29) is 17.3 Å². The van der Waals surface area contributed by atoms with Crippen molar-refractivity contribution in [2.24, 2.45) is 0 Å². The first-order valence-corrected chi connectivity index (χ1v) is 6.17. The van der Waals surface area contributed by atoms with E-state index in [1.54, 1.807) is 5.38 Å². The Labute approximate surface area is 98.9 Å². The number of carbonyl (C=O) groups is 1. The van der Waals surface area contributed by atoms with Crippen molar-refractivity contribution in [2.45, 2.75) is 38.6 Å². The van der Waals surface area contributed by atoms with Crippen LogP contribution >= 0.6 is 22.9 Å². The molecule has 1 heterocycles. The van der Waals surface area contributed by atoms with Crippen LogP contribution in [0.4, 0.5) is 0 Å². The summed E-state index contributed by atoms with van der Waals surface area (Å²) in [7, 11) is 0. The average molecular weight is 247 g/mol. The second-order valence-electron chi connectivity index (χ2n) is 3.64. The summed E-state index contributed by atoms with van der Waals surface area (Å²) in [5.74, 6) is -0.121. The van der Waals surface area contributed by atoms with Gasteiger partial charge in [-0.15, -0.1) is 22.9 Å². The number of nitrogens with one attached hydrogen (secondary N) is 1. The van der Waals surface area contributed by atoms with E-state index in [4.69, 9.17) is 11.6 Å². The lowest BCUT2D eigenvalue weighted by Crippen LogP contribution is -2.34. The summed E-state index contributed by atoms with van der Waals surface area (Å²) < 4.78 is 0. The number of alkyl halides is 1.